The summed E-state index contributed by atoms with van der Waals surface area (Å²) in [6.45, 7) is 3.86. The summed E-state index contributed by atoms with van der Waals surface area (Å²) in [5.41, 5.74) is 1.72. The number of phenolic OH excluding ortho intramolecular Hbond substituents is 1. The zero-order valence-electron chi connectivity index (χ0n) is 10.5. The van der Waals surface area contributed by atoms with Crippen molar-refractivity contribution in [3.05, 3.63) is 28.8 Å². The summed E-state index contributed by atoms with van der Waals surface area (Å²) in [7, 11) is 0. The van der Waals surface area contributed by atoms with E-state index in [2.05, 4.69) is 6.92 Å². The Morgan fingerprint density at radius 2 is 1.94 bits per heavy atom. The van der Waals surface area contributed by atoms with Crippen molar-refractivity contribution >= 4 is 5.97 Å². The molecule has 0 atom stereocenters. The maximum atomic E-state index is 11.2. The maximum absolute atomic E-state index is 11.2. The van der Waals surface area contributed by atoms with Gasteiger partial charge in [0, 0.05) is 0 Å². The van der Waals surface area contributed by atoms with E-state index in [1.165, 1.54) is 12.5 Å². The first kappa shape index (κ1) is 13.6. The summed E-state index contributed by atoms with van der Waals surface area (Å²) in [6.07, 6.45) is 5.11. The van der Waals surface area contributed by atoms with Crippen LogP contribution < -0.4 is 0 Å². The van der Waals surface area contributed by atoms with Gasteiger partial charge in [0.15, 0.2) is 0 Å². The monoisotopic (exact) mass is 236 g/mol. The van der Waals surface area contributed by atoms with Gasteiger partial charge in [-0.3, -0.25) is 0 Å². The maximum Gasteiger partial charge on any atom is 0.336 e. The number of rotatable bonds is 6. The van der Waals surface area contributed by atoms with Crippen LogP contribution >= 0.6 is 0 Å². The summed E-state index contributed by atoms with van der Waals surface area (Å²) in [4.78, 5) is 11.2. The normalized spacial score (nSPS) is 10.5. The van der Waals surface area contributed by atoms with Gasteiger partial charge in [-0.15, -0.1) is 0 Å². The number of carboxylic acids is 1. The fraction of sp³-hybridized carbons (Fsp3) is 0.500. The first-order valence-corrected chi connectivity index (χ1v) is 6.12. The Kier molecular flexibility index (Phi) is 5.01. The summed E-state index contributed by atoms with van der Waals surface area (Å²) in [5, 5.41) is 18.7. The van der Waals surface area contributed by atoms with Crippen molar-refractivity contribution < 1.29 is 15.0 Å². The Hall–Kier alpha value is -1.51. The molecular formula is C14H20O3. The van der Waals surface area contributed by atoms with Gasteiger partial charge >= 0.3 is 5.97 Å². The largest absolute Gasteiger partial charge is 0.508 e. The molecule has 0 amide bonds. The van der Waals surface area contributed by atoms with Gasteiger partial charge in [-0.05, 0) is 43.0 Å². The zero-order chi connectivity index (χ0) is 12.8. The number of aryl methyl sites for hydroxylation is 2. The minimum atomic E-state index is -0.909. The van der Waals surface area contributed by atoms with Crippen LogP contribution in [-0.4, -0.2) is 16.2 Å². The van der Waals surface area contributed by atoms with Crippen LogP contribution in [0.1, 0.15) is 54.1 Å². The third-order valence-corrected chi connectivity index (χ3v) is 2.92. The molecule has 3 nitrogen and oxygen atoms in total. The van der Waals surface area contributed by atoms with E-state index >= 15 is 0 Å². The quantitative estimate of drug-likeness (QED) is 0.743. The molecule has 0 fully saturated rings. The van der Waals surface area contributed by atoms with Crippen molar-refractivity contribution in [2.24, 2.45) is 0 Å². The van der Waals surface area contributed by atoms with E-state index in [9.17, 15) is 9.90 Å². The van der Waals surface area contributed by atoms with Crippen molar-refractivity contribution in [2.45, 2.75) is 46.0 Å². The number of aromatic carboxylic acids is 1. The molecule has 0 unspecified atom stereocenters. The predicted octanol–water partition coefficient (Wildman–Crippen LogP) is 3.52. The van der Waals surface area contributed by atoms with E-state index in [4.69, 9.17) is 5.11 Å². The van der Waals surface area contributed by atoms with Crippen LogP contribution in [0.5, 0.6) is 5.75 Å². The summed E-state index contributed by atoms with van der Waals surface area (Å²) >= 11 is 0. The molecule has 0 heterocycles. The first-order chi connectivity index (χ1) is 8.06. The van der Waals surface area contributed by atoms with Crippen molar-refractivity contribution in [3.8, 4) is 5.75 Å². The van der Waals surface area contributed by atoms with E-state index in [0.717, 1.165) is 31.2 Å². The second-order valence-electron chi connectivity index (χ2n) is 4.41. The van der Waals surface area contributed by atoms with Gasteiger partial charge in [0.05, 0.1) is 5.56 Å². The molecule has 0 saturated carbocycles. The Bertz CT molecular complexity index is 397. The van der Waals surface area contributed by atoms with Crippen LogP contribution in [0, 0.1) is 6.92 Å². The minimum Gasteiger partial charge on any atom is -0.508 e. The lowest BCUT2D eigenvalue weighted by molar-refractivity contribution is 0.0695. The lowest BCUT2D eigenvalue weighted by atomic mass is 9.96. The molecule has 0 spiro atoms. The van der Waals surface area contributed by atoms with Crippen molar-refractivity contribution in [2.75, 3.05) is 0 Å². The van der Waals surface area contributed by atoms with Crippen LogP contribution in [-0.2, 0) is 6.42 Å². The number of benzene rings is 1. The second kappa shape index (κ2) is 6.28. The summed E-state index contributed by atoms with van der Waals surface area (Å²) < 4.78 is 0. The highest BCUT2D eigenvalue weighted by molar-refractivity contribution is 5.91. The second-order valence-corrected chi connectivity index (χ2v) is 4.41. The van der Waals surface area contributed by atoms with Crippen molar-refractivity contribution in [1.29, 1.82) is 0 Å². The molecule has 0 aliphatic rings. The van der Waals surface area contributed by atoms with Gasteiger partial charge in [0.2, 0.25) is 0 Å². The van der Waals surface area contributed by atoms with Crippen molar-refractivity contribution in [1.82, 2.24) is 0 Å². The molecule has 3 heteroatoms. The molecule has 0 aliphatic carbocycles. The molecule has 1 aromatic rings. The highest BCUT2D eigenvalue weighted by Crippen LogP contribution is 2.23. The molecule has 1 rings (SSSR count). The molecule has 17 heavy (non-hydrogen) atoms. The molecular weight excluding hydrogens is 216 g/mol. The van der Waals surface area contributed by atoms with Crippen molar-refractivity contribution in [3.63, 3.8) is 0 Å². The van der Waals surface area contributed by atoms with Crippen LogP contribution in [0.3, 0.4) is 0 Å². The standard InChI is InChI=1S/C14H20O3/c1-3-4-5-6-7-11-9-12(15)8-10(2)13(11)14(16)17/h8-9,15H,3-7H2,1-2H3,(H,16,17). The van der Waals surface area contributed by atoms with Crippen LogP contribution in [0.4, 0.5) is 0 Å². The molecule has 0 aromatic heterocycles. The molecule has 0 saturated heterocycles. The number of unbranched alkanes of at least 4 members (excludes halogenated alkanes) is 3. The third kappa shape index (κ3) is 3.77. The number of hydrogen-bond acceptors (Lipinski definition) is 2. The average molecular weight is 236 g/mol. The number of carbonyl (C=O) groups is 1. The number of aromatic hydroxyl groups is 1. The van der Waals surface area contributed by atoms with E-state index in [1.54, 1.807) is 13.0 Å². The minimum absolute atomic E-state index is 0.151. The zero-order valence-corrected chi connectivity index (χ0v) is 10.5. The third-order valence-electron chi connectivity index (χ3n) is 2.92. The van der Waals surface area contributed by atoms with Gasteiger partial charge in [-0.1, -0.05) is 26.2 Å². The molecule has 94 valence electrons. The fourth-order valence-corrected chi connectivity index (χ4v) is 2.09. The van der Waals surface area contributed by atoms with Crippen LogP contribution in [0.25, 0.3) is 0 Å². The Labute approximate surface area is 102 Å². The molecule has 1 aromatic carbocycles. The number of phenols is 1. The number of carboxylic acid groups (broad SMARTS) is 1. The van der Waals surface area contributed by atoms with Crippen LogP contribution in [0.15, 0.2) is 12.1 Å². The smallest absolute Gasteiger partial charge is 0.336 e. The van der Waals surface area contributed by atoms with E-state index < -0.39 is 5.97 Å². The van der Waals surface area contributed by atoms with Gasteiger partial charge in [0.25, 0.3) is 0 Å². The molecule has 2 N–H and O–H groups in total. The van der Waals surface area contributed by atoms with Gasteiger partial charge in [0.1, 0.15) is 5.75 Å². The molecule has 0 radical (unpaired) electrons. The lowest BCUT2D eigenvalue weighted by Gasteiger charge is -2.09. The average Bonchev–Trinajstić information content (AvgIpc) is 2.22. The van der Waals surface area contributed by atoms with E-state index in [1.807, 2.05) is 0 Å². The van der Waals surface area contributed by atoms with Gasteiger partial charge in [-0.2, -0.15) is 0 Å². The van der Waals surface area contributed by atoms with E-state index in [0.29, 0.717) is 11.1 Å². The first-order valence-electron chi connectivity index (χ1n) is 6.12. The Balaban J connectivity index is 2.85. The predicted molar refractivity (Wildman–Crippen MR) is 67.6 cm³/mol. The van der Waals surface area contributed by atoms with Gasteiger partial charge < -0.3 is 10.2 Å². The van der Waals surface area contributed by atoms with Gasteiger partial charge in [-0.25, -0.2) is 4.79 Å². The number of hydrogen-bond donors (Lipinski definition) is 2. The Morgan fingerprint density at radius 1 is 1.24 bits per heavy atom. The summed E-state index contributed by atoms with van der Waals surface area (Å²) in [6, 6.07) is 3.07. The fourth-order valence-electron chi connectivity index (χ4n) is 2.09. The van der Waals surface area contributed by atoms with Crippen LogP contribution in [0.2, 0.25) is 0 Å². The summed E-state index contributed by atoms with van der Waals surface area (Å²) in [5.74, 6) is -0.758. The highest BCUT2D eigenvalue weighted by Gasteiger charge is 2.14. The lowest BCUT2D eigenvalue weighted by Crippen LogP contribution is -2.05. The highest BCUT2D eigenvalue weighted by atomic mass is 16.4. The Morgan fingerprint density at radius 3 is 2.53 bits per heavy atom. The molecule has 0 aliphatic heterocycles. The SMILES string of the molecule is CCCCCCc1cc(O)cc(C)c1C(=O)O. The molecule has 0 bridgehead atoms. The van der Waals surface area contributed by atoms with E-state index in [-0.39, 0.29) is 5.75 Å². The topological polar surface area (TPSA) is 57.5 Å².